The van der Waals surface area contributed by atoms with Gasteiger partial charge in [-0.15, -0.1) is 0 Å². The molecule has 1 aromatic heterocycles. The fourth-order valence-corrected chi connectivity index (χ4v) is 1.37. The van der Waals surface area contributed by atoms with E-state index >= 15 is 0 Å². The smallest absolute Gasteiger partial charge is 0.168 e. The molecule has 18 heavy (non-hydrogen) atoms. The number of nitrogens with one attached hydrogen (secondary N) is 2. The molecule has 6 heteroatoms. The molecule has 0 saturated carbocycles. The molecule has 0 aliphatic rings. The Labute approximate surface area is 105 Å². The number of hydrogen-bond acceptors (Lipinski definition) is 4. The van der Waals surface area contributed by atoms with Crippen LogP contribution in [-0.2, 0) is 0 Å². The van der Waals surface area contributed by atoms with Gasteiger partial charge in [0, 0.05) is 12.6 Å². The summed E-state index contributed by atoms with van der Waals surface area (Å²) in [4.78, 5) is 3.86. The van der Waals surface area contributed by atoms with E-state index in [1.807, 2.05) is 6.92 Å². The largest absolute Gasteiger partial charge is 0.394 e. The number of aliphatic hydroxyl groups excluding tert-OH is 1. The van der Waals surface area contributed by atoms with Gasteiger partial charge < -0.3 is 15.7 Å². The van der Waals surface area contributed by atoms with E-state index in [9.17, 15) is 13.9 Å². The third-order valence-electron chi connectivity index (χ3n) is 2.82. The fraction of sp³-hybridized carbons (Fsp3) is 0.583. The normalized spacial score (nSPS) is 14.1. The molecule has 0 spiro atoms. The summed E-state index contributed by atoms with van der Waals surface area (Å²) in [5, 5.41) is 14.8. The first-order chi connectivity index (χ1) is 8.45. The van der Waals surface area contributed by atoms with Crippen molar-refractivity contribution in [2.75, 3.05) is 23.8 Å². The zero-order chi connectivity index (χ0) is 13.8. The quantitative estimate of drug-likeness (QED) is 0.734. The Balaban J connectivity index is 3.05. The molecule has 1 atom stereocenters. The standard InChI is InChI=1S/C12H19F2N3O/c1-4-12(3,7-18)17-11-9(14)6-8(13)10(16-11)15-5-2/h6,18H,4-5,7H2,1-3H3,(H2,15,16,17). The summed E-state index contributed by atoms with van der Waals surface area (Å²) in [6.07, 6.45) is 0.582. The molecule has 1 rings (SSSR count). The highest BCUT2D eigenvalue weighted by Crippen LogP contribution is 2.23. The zero-order valence-corrected chi connectivity index (χ0v) is 10.8. The Morgan fingerprint density at radius 1 is 1.28 bits per heavy atom. The van der Waals surface area contributed by atoms with Crippen LogP contribution in [0.5, 0.6) is 0 Å². The third-order valence-corrected chi connectivity index (χ3v) is 2.82. The fourth-order valence-electron chi connectivity index (χ4n) is 1.37. The lowest BCUT2D eigenvalue weighted by atomic mass is 10.0. The Bertz CT molecular complexity index is 409. The van der Waals surface area contributed by atoms with E-state index in [2.05, 4.69) is 15.6 Å². The average molecular weight is 259 g/mol. The Hall–Kier alpha value is -1.43. The lowest BCUT2D eigenvalue weighted by Crippen LogP contribution is -2.38. The second kappa shape index (κ2) is 5.95. The molecular formula is C12H19F2N3O. The summed E-state index contributed by atoms with van der Waals surface area (Å²) < 4.78 is 27.0. The van der Waals surface area contributed by atoms with Gasteiger partial charge in [-0.05, 0) is 20.3 Å². The number of aromatic nitrogens is 1. The summed E-state index contributed by atoms with van der Waals surface area (Å²) in [6, 6.07) is 0.779. The van der Waals surface area contributed by atoms with Crippen molar-refractivity contribution in [1.82, 2.24) is 4.98 Å². The van der Waals surface area contributed by atoms with E-state index < -0.39 is 17.2 Å². The molecule has 1 heterocycles. The minimum absolute atomic E-state index is 0.00204. The maximum atomic E-state index is 13.6. The van der Waals surface area contributed by atoms with Crippen LogP contribution in [0.25, 0.3) is 0 Å². The number of aliphatic hydroxyl groups is 1. The average Bonchev–Trinajstić information content (AvgIpc) is 2.35. The molecule has 1 aromatic rings. The number of nitrogens with zero attached hydrogens (tertiary/aromatic N) is 1. The van der Waals surface area contributed by atoms with Crippen molar-refractivity contribution in [3.8, 4) is 0 Å². The van der Waals surface area contributed by atoms with E-state index in [0.29, 0.717) is 13.0 Å². The summed E-state index contributed by atoms with van der Waals surface area (Å²) in [6.45, 7) is 5.71. The highest BCUT2D eigenvalue weighted by molar-refractivity contribution is 5.48. The van der Waals surface area contributed by atoms with Crippen molar-refractivity contribution in [3.05, 3.63) is 17.7 Å². The zero-order valence-electron chi connectivity index (χ0n) is 10.8. The van der Waals surface area contributed by atoms with Crippen molar-refractivity contribution in [2.24, 2.45) is 0 Å². The van der Waals surface area contributed by atoms with Gasteiger partial charge in [0.15, 0.2) is 23.3 Å². The molecule has 1 unspecified atom stereocenters. The molecular weight excluding hydrogens is 240 g/mol. The molecule has 0 aliphatic heterocycles. The van der Waals surface area contributed by atoms with Crippen LogP contribution in [0.15, 0.2) is 6.07 Å². The number of anilines is 2. The van der Waals surface area contributed by atoms with Gasteiger partial charge in [-0.1, -0.05) is 6.92 Å². The van der Waals surface area contributed by atoms with Gasteiger partial charge in [0.25, 0.3) is 0 Å². The predicted octanol–water partition coefficient (Wildman–Crippen LogP) is 2.36. The van der Waals surface area contributed by atoms with Gasteiger partial charge in [-0.2, -0.15) is 0 Å². The van der Waals surface area contributed by atoms with Crippen molar-refractivity contribution >= 4 is 11.6 Å². The van der Waals surface area contributed by atoms with E-state index in [0.717, 1.165) is 6.07 Å². The Kier molecular flexibility index (Phi) is 4.84. The molecule has 0 radical (unpaired) electrons. The lowest BCUT2D eigenvalue weighted by molar-refractivity contribution is 0.218. The SMILES string of the molecule is CCNc1nc(NC(C)(CC)CO)c(F)cc1F. The van der Waals surface area contributed by atoms with E-state index in [-0.39, 0.29) is 18.2 Å². The first-order valence-corrected chi connectivity index (χ1v) is 5.94. The molecule has 3 N–H and O–H groups in total. The van der Waals surface area contributed by atoms with Crippen molar-refractivity contribution < 1.29 is 13.9 Å². The first kappa shape index (κ1) is 14.6. The van der Waals surface area contributed by atoms with Crippen molar-refractivity contribution in [1.29, 1.82) is 0 Å². The van der Waals surface area contributed by atoms with Gasteiger partial charge >= 0.3 is 0 Å². The number of rotatable bonds is 6. The molecule has 0 fully saturated rings. The summed E-state index contributed by atoms with van der Waals surface area (Å²) >= 11 is 0. The molecule has 0 bridgehead atoms. The van der Waals surface area contributed by atoms with Gasteiger partial charge in [0.1, 0.15) is 0 Å². The van der Waals surface area contributed by atoms with Crippen LogP contribution >= 0.6 is 0 Å². The second-order valence-electron chi connectivity index (χ2n) is 4.38. The monoisotopic (exact) mass is 259 g/mol. The molecule has 4 nitrogen and oxygen atoms in total. The van der Waals surface area contributed by atoms with Crippen LogP contribution < -0.4 is 10.6 Å². The second-order valence-corrected chi connectivity index (χ2v) is 4.38. The minimum Gasteiger partial charge on any atom is -0.394 e. The Morgan fingerprint density at radius 3 is 2.39 bits per heavy atom. The molecule has 0 aromatic carbocycles. The third kappa shape index (κ3) is 3.29. The van der Waals surface area contributed by atoms with Crippen molar-refractivity contribution in [3.63, 3.8) is 0 Å². The van der Waals surface area contributed by atoms with Crippen LogP contribution in [0.4, 0.5) is 20.4 Å². The first-order valence-electron chi connectivity index (χ1n) is 5.94. The van der Waals surface area contributed by atoms with E-state index in [1.165, 1.54) is 0 Å². The molecule has 0 amide bonds. The number of halogens is 2. The summed E-state index contributed by atoms with van der Waals surface area (Å²) in [5.41, 5.74) is -0.685. The minimum atomic E-state index is -0.776. The van der Waals surface area contributed by atoms with Gasteiger partial charge in [-0.25, -0.2) is 13.8 Å². The van der Waals surface area contributed by atoms with Crippen LogP contribution in [0, 0.1) is 11.6 Å². The number of pyridine rings is 1. The van der Waals surface area contributed by atoms with E-state index in [1.54, 1.807) is 13.8 Å². The van der Waals surface area contributed by atoms with Gasteiger partial charge in [0.05, 0.1) is 12.1 Å². The maximum absolute atomic E-state index is 13.6. The lowest BCUT2D eigenvalue weighted by Gasteiger charge is -2.28. The summed E-state index contributed by atoms with van der Waals surface area (Å²) in [5.74, 6) is -1.58. The van der Waals surface area contributed by atoms with E-state index in [4.69, 9.17) is 0 Å². The van der Waals surface area contributed by atoms with Crippen LogP contribution in [0.2, 0.25) is 0 Å². The topological polar surface area (TPSA) is 57.2 Å². The predicted molar refractivity (Wildman–Crippen MR) is 67.7 cm³/mol. The maximum Gasteiger partial charge on any atom is 0.168 e. The van der Waals surface area contributed by atoms with Crippen LogP contribution in [-0.4, -0.2) is 28.8 Å². The molecule has 0 saturated heterocycles. The Morgan fingerprint density at radius 2 is 1.89 bits per heavy atom. The molecule has 0 aliphatic carbocycles. The number of hydrogen-bond donors (Lipinski definition) is 3. The summed E-state index contributed by atoms with van der Waals surface area (Å²) in [7, 11) is 0. The van der Waals surface area contributed by atoms with Crippen LogP contribution in [0.1, 0.15) is 27.2 Å². The van der Waals surface area contributed by atoms with Gasteiger partial charge in [-0.3, -0.25) is 0 Å². The van der Waals surface area contributed by atoms with Crippen LogP contribution in [0.3, 0.4) is 0 Å². The molecule has 102 valence electrons. The van der Waals surface area contributed by atoms with Crippen molar-refractivity contribution in [2.45, 2.75) is 32.7 Å². The highest BCUT2D eigenvalue weighted by atomic mass is 19.1. The highest BCUT2D eigenvalue weighted by Gasteiger charge is 2.23. The van der Waals surface area contributed by atoms with Gasteiger partial charge in [0.2, 0.25) is 0 Å².